The van der Waals surface area contributed by atoms with Crippen molar-refractivity contribution in [2.45, 2.75) is 19.4 Å². The summed E-state index contributed by atoms with van der Waals surface area (Å²) >= 11 is 3.54. The summed E-state index contributed by atoms with van der Waals surface area (Å²) in [6.45, 7) is 6.30. The second kappa shape index (κ2) is 6.04. The molecule has 0 aromatic heterocycles. The lowest BCUT2D eigenvalue weighted by Gasteiger charge is -2.19. The number of anilines is 1. The highest BCUT2D eigenvalue weighted by atomic mass is 79.9. The lowest BCUT2D eigenvalue weighted by atomic mass is 10.1. The Bertz CT molecular complexity index is 502. The molecule has 1 aromatic rings. The number of benzene rings is 1. The predicted octanol–water partition coefficient (Wildman–Crippen LogP) is 2.21. The molecule has 3 rings (SSSR count). The number of aliphatic imine (C=N–C) groups is 1. The number of hydrogen-bond donors (Lipinski definition) is 2. The number of halogens is 1. The van der Waals surface area contributed by atoms with Crippen LogP contribution in [0.3, 0.4) is 0 Å². The number of nitrogens with zero attached hydrogens (tertiary/aromatic N) is 2. The van der Waals surface area contributed by atoms with E-state index in [1.54, 1.807) is 0 Å². The third kappa shape index (κ3) is 3.26. The molecule has 0 bridgehead atoms. The summed E-state index contributed by atoms with van der Waals surface area (Å²) in [4.78, 5) is 6.90. The molecule has 0 spiro atoms. The van der Waals surface area contributed by atoms with E-state index in [1.807, 2.05) is 0 Å². The monoisotopic (exact) mass is 336 g/mol. The molecule has 0 aliphatic carbocycles. The van der Waals surface area contributed by atoms with Crippen LogP contribution >= 0.6 is 15.9 Å². The molecule has 2 aliphatic rings. The minimum atomic E-state index is 0.472. The molecule has 0 amide bonds. The topological polar surface area (TPSA) is 39.7 Å². The molecular formula is C15H21BrN4. The summed E-state index contributed by atoms with van der Waals surface area (Å²) in [5.41, 5.74) is 1.31. The highest BCUT2D eigenvalue weighted by Crippen LogP contribution is 2.25. The van der Waals surface area contributed by atoms with E-state index in [4.69, 9.17) is 0 Å². The average Bonchev–Trinajstić information content (AvgIpc) is 3.05. The molecular weight excluding hydrogens is 316 g/mol. The summed E-state index contributed by atoms with van der Waals surface area (Å²) in [6.07, 6.45) is 1.24. The molecule has 2 atom stereocenters. The zero-order chi connectivity index (χ0) is 13.9. The van der Waals surface area contributed by atoms with Gasteiger partial charge in [0.25, 0.3) is 0 Å². The van der Waals surface area contributed by atoms with E-state index in [-0.39, 0.29) is 0 Å². The Morgan fingerprint density at radius 1 is 1.50 bits per heavy atom. The van der Waals surface area contributed by atoms with Crippen LogP contribution in [-0.4, -0.2) is 38.2 Å². The molecule has 108 valence electrons. The summed E-state index contributed by atoms with van der Waals surface area (Å²) in [6, 6.07) is 9.03. The smallest absolute Gasteiger partial charge is 0.191 e. The second-order valence-corrected chi connectivity index (χ2v) is 6.61. The van der Waals surface area contributed by atoms with Crippen LogP contribution < -0.4 is 15.5 Å². The van der Waals surface area contributed by atoms with E-state index in [2.05, 4.69) is 67.6 Å². The van der Waals surface area contributed by atoms with E-state index < -0.39 is 0 Å². The lowest BCUT2D eigenvalue weighted by Crippen LogP contribution is -2.40. The predicted molar refractivity (Wildman–Crippen MR) is 87.4 cm³/mol. The van der Waals surface area contributed by atoms with Gasteiger partial charge in [0.05, 0.1) is 6.54 Å². The molecule has 2 N–H and O–H groups in total. The van der Waals surface area contributed by atoms with Gasteiger partial charge in [0.15, 0.2) is 5.96 Å². The van der Waals surface area contributed by atoms with Gasteiger partial charge in [0.2, 0.25) is 0 Å². The highest BCUT2D eigenvalue weighted by Gasteiger charge is 2.23. The van der Waals surface area contributed by atoms with Crippen LogP contribution in [0.4, 0.5) is 5.69 Å². The molecule has 1 fully saturated rings. The van der Waals surface area contributed by atoms with Crippen molar-refractivity contribution in [2.75, 3.05) is 31.1 Å². The average molecular weight is 337 g/mol. The SMILES string of the molecule is CC1CN=C(NCC2CCN(c3cccc(Br)c3)C2)N1. The third-order valence-corrected chi connectivity index (χ3v) is 4.42. The van der Waals surface area contributed by atoms with Crippen molar-refractivity contribution in [3.8, 4) is 0 Å². The van der Waals surface area contributed by atoms with Gasteiger partial charge >= 0.3 is 0 Å². The fourth-order valence-corrected chi connectivity index (χ4v) is 3.19. The van der Waals surface area contributed by atoms with Gasteiger partial charge in [-0.15, -0.1) is 0 Å². The first-order valence-electron chi connectivity index (χ1n) is 7.26. The van der Waals surface area contributed by atoms with Crippen LogP contribution in [-0.2, 0) is 0 Å². The lowest BCUT2D eigenvalue weighted by molar-refractivity contribution is 0.566. The van der Waals surface area contributed by atoms with Crippen LogP contribution in [0.25, 0.3) is 0 Å². The highest BCUT2D eigenvalue weighted by molar-refractivity contribution is 9.10. The van der Waals surface area contributed by atoms with Crippen molar-refractivity contribution in [2.24, 2.45) is 10.9 Å². The largest absolute Gasteiger partial charge is 0.371 e. The molecule has 20 heavy (non-hydrogen) atoms. The third-order valence-electron chi connectivity index (χ3n) is 3.92. The molecule has 0 saturated carbocycles. The van der Waals surface area contributed by atoms with E-state index in [9.17, 15) is 0 Å². The second-order valence-electron chi connectivity index (χ2n) is 5.70. The van der Waals surface area contributed by atoms with Crippen LogP contribution in [0.5, 0.6) is 0 Å². The summed E-state index contributed by atoms with van der Waals surface area (Å²) in [5, 5.41) is 6.79. The molecule has 2 unspecified atom stereocenters. The van der Waals surface area contributed by atoms with Gasteiger partial charge in [0, 0.05) is 35.8 Å². The van der Waals surface area contributed by atoms with Crippen molar-refractivity contribution in [1.29, 1.82) is 0 Å². The number of rotatable bonds is 3. The molecule has 5 heteroatoms. The van der Waals surface area contributed by atoms with Gasteiger partial charge < -0.3 is 15.5 Å². The van der Waals surface area contributed by atoms with Gasteiger partial charge in [-0.1, -0.05) is 22.0 Å². The Labute approximate surface area is 128 Å². The summed E-state index contributed by atoms with van der Waals surface area (Å²) < 4.78 is 1.15. The maximum atomic E-state index is 4.44. The van der Waals surface area contributed by atoms with Gasteiger partial charge in [0.1, 0.15) is 0 Å². The van der Waals surface area contributed by atoms with E-state index in [0.717, 1.165) is 36.6 Å². The molecule has 1 aromatic carbocycles. The first kappa shape index (κ1) is 13.7. The Kier molecular flexibility index (Phi) is 4.15. The van der Waals surface area contributed by atoms with Crippen molar-refractivity contribution in [3.05, 3.63) is 28.7 Å². The molecule has 2 heterocycles. The van der Waals surface area contributed by atoms with E-state index in [0.29, 0.717) is 12.0 Å². The Hall–Kier alpha value is -1.23. The first-order chi connectivity index (χ1) is 9.70. The minimum Gasteiger partial charge on any atom is -0.371 e. The number of guanidine groups is 1. The van der Waals surface area contributed by atoms with Gasteiger partial charge in [-0.05, 0) is 37.5 Å². The fraction of sp³-hybridized carbons (Fsp3) is 0.533. The normalized spacial score (nSPS) is 25.5. The quantitative estimate of drug-likeness (QED) is 0.888. The fourth-order valence-electron chi connectivity index (χ4n) is 2.81. The number of nitrogens with one attached hydrogen (secondary N) is 2. The van der Waals surface area contributed by atoms with E-state index >= 15 is 0 Å². The summed E-state index contributed by atoms with van der Waals surface area (Å²) in [7, 11) is 0. The van der Waals surface area contributed by atoms with Crippen molar-refractivity contribution < 1.29 is 0 Å². The van der Waals surface area contributed by atoms with Crippen LogP contribution in [0, 0.1) is 5.92 Å². The Morgan fingerprint density at radius 2 is 2.40 bits per heavy atom. The Balaban J connectivity index is 1.50. The molecule has 0 radical (unpaired) electrons. The first-order valence-corrected chi connectivity index (χ1v) is 8.05. The maximum absolute atomic E-state index is 4.44. The maximum Gasteiger partial charge on any atom is 0.191 e. The standard InChI is InChI=1S/C15H21BrN4/c1-11-8-17-15(19-11)18-9-12-5-6-20(10-12)14-4-2-3-13(16)7-14/h2-4,7,11-12H,5-6,8-10H2,1H3,(H2,17,18,19). The molecule has 2 aliphatic heterocycles. The summed E-state index contributed by atoms with van der Waals surface area (Å²) in [5.74, 6) is 1.66. The zero-order valence-corrected chi connectivity index (χ0v) is 13.4. The van der Waals surface area contributed by atoms with Crippen molar-refractivity contribution >= 4 is 27.6 Å². The Morgan fingerprint density at radius 3 is 3.15 bits per heavy atom. The number of hydrogen-bond acceptors (Lipinski definition) is 4. The molecule has 1 saturated heterocycles. The van der Waals surface area contributed by atoms with Crippen LogP contribution in [0.1, 0.15) is 13.3 Å². The molecule has 4 nitrogen and oxygen atoms in total. The van der Waals surface area contributed by atoms with Gasteiger partial charge in [-0.3, -0.25) is 4.99 Å². The minimum absolute atomic E-state index is 0.472. The zero-order valence-electron chi connectivity index (χ0n) is 11.8. The van der Waals surface area contributed by atoms with Crippen LogP contribution in [0.15, 0.2) is 33.7 Å². The van der Waals surface area contributed by atoms with E-state index in [1.165, 1.54) is 12.1 Å². The van der Waals surface area contributed by atoms with Gasteiger partial charge in [-0.25, -0.2) is 0 Å². The van der Waals surface area contributed by atoms with Crippen LogP contribution in [0.2, 0.25) is 0 Å². The van der Waals surface area contributed by atoms with Gasteiger partial charge in [-0.2, -0.15) is 0 Å². The van der Waals surface area contributed by atoms with Crippen molar-refractivity contribution in [3.63, 3.8) is 0 Å². The van der Waals surface area contributed by atoms with Crippen molar-refractivity contribution in [1.82, 2.24) is 10.6 Å².